The van der Waals surface area contributed by atoms with Crippen molar-refractivity contribution in [3.05, 3.63) is 82.2 Å². The van der Waals surface area contributed by atoms with Gasteiger partial charge in [-0.2, -0.15) is 0 Å². The molecule has 8 heteroatoms. The van der Waals surface area contributed by atoms with E-state index < -0.39 is 35.6 Å². The predicted octanol–water partition coefficient (Wildman–Crippen LogP) is 5.40. The molecule has 2 aromatic carbocycles. The number of methoxy groups -OCH3 is 1. The van der Waals surface area contributed by atoms with Crippen LogP contribution in [0.1, 0.15) is 72.2 Å². The SMILES string of the molecule is CCCCc1ccc2c(n1)[C@@H](c1ccc(OC)cc1CC(C)C(=O)O)[C@@H](C(=O)O)[C@@H]2c1ccc2c(c1)OCO2. The van der Waals surface area contributed by atoms with Gasteiger partial charge in [-0.15, -0.1) is 0 Å². The van der Waals surface area contributed by atoms with Crippen molar-refractivity contribution in [3.8, 4) is 17.2 Å². The summed E-state index contributed by atoms with van der Waals surface area (Å²) >= 11 is 0. The van der Waals surface area contributed by atoms with Crippen molar-refractivity contribution < 1.29 is 34.0 Å². The molecule has 0 saturated carbocycles. The van der Waals surface area contributed by atoms with Gasteiger partial charge in [0.2, 0.25) is 6.79 Å². The van der Waals surface area contributed by atoms with Gasteiger partial charge in [-0.1, -0.05) is 38.5 Å². The van der Waals surface area contributed by atoms with Gasteiger partial charge in [-0.3, -0.25) is 14.6 Å². The summed E-state index contributed by atoms with van der Waals surface area (Å²) in [5, 5.41) is 20.4. The number of rotatable bonds is 10. The number of hydrogen-bond acceptors (Lipinski definition) is 6. The number of carboxylic acid groups (broad SMARTS) is 2. The highest BCUT2D eigenvalue weighted by molar-refractivity contribution is 5.78. The molecule has 2 heterocycles. The smallest absolute Gasteiger partial charge is 0.308 e. The number of benzene rings is 2. The third kappa shape index (κ3) is 5.03. The number of pyridine rings is 1. The summed E-state index contributed by atoms with van der Waals surface area (Å²) < 4.78 is 16.5. The minimum absolute atomic E-state index is 0.129. The van der Waals surface area contributed by atoms with Crippen LogP contribution in [0.25, 0.3) is 0 Å². The Morgan fingerprint density at radius 2 is 1.79 bits per heavy atom. The van der Waals surface area contributed by atoms with Crippen LogP contribution in [0.5, 0.6) is 17.2 Å². The maximum absolute atomic E-state index is 13.1. The molecule has 1 unspecified atom stereocenters. The molecule has 39 heavy (non-hydrogen) atoms. The van der Waals surface area contributed by atoms with E-state index in [2.05, 4.69) is 6.92 Å². The molecule has 0 saturated heterocycles. The number of aryl methyl sites for hydroxylation is 1. The summed E-state index contributed by atoms with van der Waals surface area (Å²) in [6, 6.07) is 15.1. The van der Waals surface area contributed by atoms with Gasteiger partial charge >= 0.3 is 11.9 Å². The van der Waals surface area contributed by atoms with E-state index in [1.807, 2.05) is 42.5 Å². The van der Waals surface area contributed by atoms with Gasteiger partial charge in [-0.25, -0.2) is 0 Å². The van der Waals surface area contributed by atoms with Crippen LogP contribution in [0.15, 0.2) is 48.5 Å². The first-order valence-electron chi connectivity index (χ1n) is 13.3. The second-order valence-corrected chi connectivity index (χ2v) is 10.3. The molecule has 1 aromatic heterocycles. The number of fused-ring (bicyclic) bond motifs is 2. The van der Waals surface area contributed by atoms with Gasteiger partial charge in [-0.05, 0) is 71.8 Å². The Balaban J connectivity index is 1.70. The molecule has 2 aliphatic rings. The lowest BCUT2D eigenvalue weighted by Crippen LogP contribution is -2.25. The number of ether oxygens (including phenoxy) is 3. The lowest BCUT2D eigenvalue weighted by Gasteiger charge is -2.25. The van der Waals surface area contributed by atoms with Crippen molar-refractivity contribution >= 4 is 11.9 Å². The zero-order chi connectivity index (χ0) is 27.7. The van der Waals surface area contributed by atoms with Crippen molar-refractivity contribution in [3.63, 3.8) is 0 Å². The van der Waals surface area contributed by atoms with Crippen LogP contribution in [-0.4, -0.2) is 41.0 Å². The van der Waals surface area contributed by atoms with Gasteiger partial charge in [0.15, 0.2) is 11.5 Å². The van der Waals surface area contributed by atoms with Crippen molar-refractivity contribution in [2.24, 2.45) is 11.8 Å². The Kier molecular flexibility index (Phi) is 7.46. The van der Waals surface area contributed by atoms with Crippen LogP contribution in [-0.2, 0) is 22.4 Å². The topological polar surface area (TPSA) is 115 Å². The average Bonchev–Trinajstić information content (AvgIpc) is 3.53. The fraction of sp³-hybridized carbons (Fsp3) is 0.387. The zero-order valence-electron chi connectivity index (χ0n) is 22.3. The minimum atomic E-state index is -0.941. The molecule has 1 aliphatic carbocycles. The van der Waals surface area contributed by atoms with Crippen molar-refractivity contribution in [2.45, 2.75) is 51.4 Å². The standard InChI is InChI=1S/C31H33NO7/c1-4-5-6-20-8-10-23-26(18-7-12-24-25(15-18)39-16-38-24)28(31(35)36)27(29(23)32-20)22-11-9-21(37-3)14-19(22)13-17(2)30(33)34/h7-12,14-15,17,26-28H,4-6,13,16H2,1-3H3,(H,33,34)(H,35,36)/t17?,26-,27+,28+/m1/s1. The van der Waals surface area contributed by atoms with E-state index in [0.29, 0.717) is 17.2 Å². The van der Waals surface area contributed by atoms with Gasteiger partial charge in [0.1, 0.15) is 5.75 Å². The number of unbranched alkanes of at least 4 members (excludes halogenated alkanes) is 1. The highest BCUT2D eigenvalue weighted by Gasteiger charge is 2.48. The number of aromatic nitrogens is 1. The quantitative estimate of drug-likeness (QED) is 0.357. The molecule has 0 fully saturated rings. The Morgan fingerprint density at radius 3 is 2.51 bits per heavy atom. The van der Waals surface area contributed by atoms with Crippen LogP contribution >= 0.6 is 0 Å². The van der Waals surface area contributed by atoms with Crippen LogP contribution in [0.4, 0.5) is 0 Å². The highest BCUT2D eigenvalue weighted by Crippen LogP contribution is 2.54. The van der Waals surface area contributed by atoms with E-state index in [9.17, 15) is 19.8 Å². The molecule has 0 radical (unpaired) electrons. The summed E-state index contributed by atoms with van der Waals surface area (Å²) in [5.41, 5.74) is 4.84. The molecule has 4 atom stereocenters. The van der Waals surface area contributed by atoms with Gasteiger partial charge < -0.3 is 24.4 Å². The fourth-order valence-electron chi connectivity index (χ4n) is 5.82. The molecule has 2 N–H and O–H groups in total. The van der Waals surface area contributed by atoms with Crippen molar-refractivity contribution in [1.82, 2.24) is 4.98 Å². The summed E-state index contributed by atoms with van der Waals surface area (Å²) in [4.78, 5) is 29.9. The van der Waals surface area contributed by atoms with Crippen LogP contribution in [0.2, 0.25) is 0 Å². The van der Waals surface area contributed by atoms with E-state index in [4.69, 9.17) is 19.2 Å². The third-order valence-electron chi connectivity index (χ3n) is 7.82. The van der Waals surface area contributed by atoms with Gasteiger partial charge in [0.05, 0.1) is 24.6 Å². The Bertz CT molecular complexity index is 1400. The Hall–Kier alpha value is -4.07. The molecule has 3 aromatic rings. The third-order valence-corrected chi connectivity index (χ3v) is 7.82. The minimum Gasteiger partial charge on any atom is -0.497 e. The van der Waals surface area contributed by atoms with Gasteiger partial charge in [0, 0.05) is 17.5 Å². The van der Waals surface area contributed by atoms with Crippen molar-refractivity contribution in [1.29, 1.82) is 0 Å². The molecule has 8 nitrogen and oxygen atoms in total. The first kappa shape index (κ1) is 26.5. The number of carboxylic acids is 2. The predicted molar refractivity (Wildman–Crippen MR) is 144 cm³/mol. The van der Waals surface area contributed by atoms with Crippen molar-refractivity contribution in [2.75, 3.05) is 13.9 Å². The monoisotopic (exact) mass is 531 g/mol. The largest absolute Gasteiger partial charge is 0.497 e. The van der Waals surface area contributed by atoms with Crippen LogP contribution in [0.3, 0.4) is 0 Å². The average molecular weight is 532 g/mol. The maximum Gasteiger partial charge on any atom is 0.308 e. The molecule has 0 amide bonds. The normalized spacial score (nSPS) is 19.9. The number of hydrogen-bond donors (Lipinski definition) is 2. The zero-order valence-corrected chi connectivity index (χ0v) is 22.3. The second-order valence-electron chi connectivity index (χ2n) is 10.3. The maximum atomic E-state index is 13.1. The molecule has 204 valence electrons. The summed E-state index contributed by atoms with van der Waals surface area (Å²) in [6.45, 7) is 3.91. The second kappa shape index (κ2) is 11.0. The molecular formula is C31H33NO7. The summed E-state index contributed by atoms with van der Waals surface area (Å²) in [7, 11) is 1.56. The lowest BCUT2D eigenvalue weighted by molar-refractivity contribution is -0.143. The van der Waals surface area contributed by atoms with Gasteiger partial charge in [0.25, 0.3) is 0 Å². The first-order chi connectivity index (χ1) is 18.8. The Morgan fingerprint density at radius 1 is 1.03 bits per heavy atom. The van der Waals surface area contributed by atoms with E-state index in [0.717, 1.165) is 52.9 Å². The van der Waals surface area contributed by atoms with E-state index >= 15 is 0 Å². The van der Waals surface area contributed by atoms with E-state index in [1.54, 1.807) is 20.1 Å². The Labute approximate surface area is 227 Å². The lowest BCUT2D eigenvalue weighted by atomic mass is 9.78. The highest BCUT2D eigenvalue weighted by atomic mass is 16.7. The first-order valence-corrected chi connectivity index (χ1v) is 13.3. The molecule has 0 bridgehead atoms. The molecule has 1 aliphatic heterocycles. The number of aliphatic carboxylic acids is 2. The molecule has 5 rings (SSSR count). The summed E-state index contributed by atoms with van der Waals surface area (Å²) in [6.07, 6.45) is 3.04. The molecule has 0 spiro atoms. The summed E-state index contributed by atoms with van der Waals surface area (Å²) in [5.74, 6) is -2.60. The van der Waals surface area contributed by atoms with E-state index in [-0.39, 0.29) is 13.2 Å². The van der Waals surface area contributed by atoms with Crippen LogP contribution in [0, 0.1) is 11.8 Å². The fourth-order valence-corrected chi connectivity index (χ4v) is 5.82. The van der Waals surface area contributed by atoms with Crippen LogP contribution < -0.4 is 14.2 Å². The number of nitrogens with zero attached hydrogens (tertiary/aromatic N) is 1. The van der Waals surface area contributed by atoms with E-state index in [1.165, 1.54) is 0 Å². The molecular weight excluding hydrogens is 498 g/mol. The number of carbonyl (C=O) groups is 2.